The minimum Gasteiger partial charge on any atom is -0.399 e. The molecule has 0 spiro atoms. The van der Waals surface area contributed by atoms with Crippen LogP contribution in [0.3, 0.4) is 0 Å². The molecule has 1 heterocycles. The number of nitrogen functional groups attached to an aromatic ring is 1. The zero-order chi connectivity index (χ0) is 14.5. The van der Waals surface area contributed by atoms with E-state index in [1.807, 2.05) is 30.0 Å². The van der Waals surface area contributed by atoms with Crippen molar-refractivity contribution in [2.75, 3.05) is 25.4 Å². The monoisotopic (exact) mass is 275 g/mol. The molecular weight excluding hydrogens is 250 g/mol. The third-order valence-corrected chi connectivity index (χ3v) is 4.07. The Morgan fingerprint density at radius 2 is 2.10 bits per heavy atom. The van der Waals surface area contributed by atoms with Gasteiger partial charge in [0.2, 0.25) is 5.91 Å². The third-order valence-electron chi connectivity index (χ3n) is 4.07. The number of hydrogen-bond acceptors (Lipinski definition) is 3. The second kappa shape index (κ2) is 6.75. The van der Waals surface area contributed by atoms with E-state index in [1.54, 1.807) is 0 Å². The van der Waals surface area contributed by atoms with E-state index in [0.717, 1.165) is 50.3 Å². The number of hydrogen-bond donors (Lipinski definition) is 1. The second-order valence-electron chi connectivity index (χ2n) is 5.52. The normalized spacial score (nSPS) is 16.6. The third kappa shape index (κ3) is 3.51. The summed E-state index contributed by atoms with van der Waals surface area (Å²) >= 11 is 0. The van der Waals surface area contributed by atoms with Crippen molar-refractivity contribution in [3.63, 3.8) is 0 Å². The zero-order valence-corrected chi connectivity index (χ0v) is 12.5. The van der Waals surface area contributed by atoms with Gasteiger partial charge in [0.15, 0.2) is 0 Å². The van der Waals surface area contributed by atoms with Crippen molar-refractivity contribution < 1.29 is 4.79 Å². The summed E-state index contributed by atoms with van der Waals surface area (Å²) in [6, 6.07) is 7.82. The maximum absolute atomic E-state index is 12.5. The van der Waals surface area contributed by atoms with E-state index in [-0.39, 0.29) is 11.9 Å². The molecule has 4 heteroatoms. The number of benzene rings is 1. The van der Waals surface area contributed by atoms with Crippen LogP contribution in [0.1, 0.15) is 32.3 Å². The van der Waals surface area contributed by atoms with Gasteiger partial charge in [-0.2, -0.15) is 0 Å². The number of amides is 1. The summed E-state index contributed by atoms with van der Waals surface area (Å²) in [7, 11) is 0. The van der Waals surface area contributed by atoms with Gasteiger partial charge in [-0.1, -0.05) is 19.1 Å². The van der Waals surface area contributed by atoms with Gasteiger partial charge in [0.05, 0.1) is 6.04 Å². The Balaban J connectivity index is 2.01. The van der Waals surface area contributed by atoms with Crippen molar-refractivity contribution in [3.05, 3.63) is 29.8 Å². The molecule has 20 heavy (non-hydrogen) atoms. The molecule has 1 unspecified atom stereocenters. The molecule has 1 aliphatic heterocycles. The van der Waals surface area contributed by atoms with Gasteiger partial charge in [-0.05, 0) is 44.0 Å². The van der Waals surface area contributed by atoms with E-state index in [9.17, 15) is 4.79 Å². The number of carbonyl (C=O) groups is 1. The lowest BCUT2D eigenvalue weighted by Gasteiger charge is -2.30. The Labute approximate surface area is 121 Å². The first-order valence-electron chi connectivity index (χ1n) is 7.49. The van der Waals surface area contributed by atoms with E-state index in [4.69, 9.17) is 5.73 Å². The molecule has 1 atom stereocenters. The molecule has 0 saturated carbocycles. The number of nitrogens with zero attached hydrogens (tertiary/aromatic N) is 2. The number of carbonyl (C=O) groups excluding carboxylic acids is 1. The number of anilines is 1. The van der Waals surface area contributed by atoms with E-state index in [2.05, 4.69) is 17.9 Å². The molecule has 1 aromatic carbocycles. The summed E-state index contributed by atoms with van der Waals surface area (Å²) in [5, 5.41) is 0. The molecular formula is C16H25N3O. The smallest absolute Gasteiger partial charge is 0.239 e. The van der Waals surface area contributed by atoms with Crippen LogP contribution >= 0.6 is 0 Å². The topological polar surface area (TPSA) is 49.6 Å². The predicted octanol–water partition coefficient (Wildman–Crippen LogP) is 2.10. The van der Waals surface area contributed by atoms with Crippen LogP contribution in [0.25, 0.3) is 0 Å². The lowest BCUT2D eigenvalue weighted by molar-refractivity contribution is -0.135. The Morgan fingerprint density at radius 3 is 2.70 bits per heavy atom. The van der Waals surface area contributed by atoms with Gasteiger partial charge in [0, 0.05) is 25.3 Å². The lowest BCUT2D eigenvalue weighted by atomic mass is 10.1. The maximum Gasteiger partial charge on any atom is 0.239 e. The van der Waals surface area contributed by atoms with E-state index >= 15 is 0 Å². The molecule has 1 aromatic rings. The van der Waals surface area contributed by atoms with Crippen LogP contribution in [0.4, 0.5) is 5.69 Å². The average Bonchev–Trinajstić information content (AvgIpc) is 2.97. The molecule has 0 bridgehead atoms. The van der Waals surface area contributed by atoms with Crippen molar-refractivity contribution in [3.8, 4) is 0 Å². The highest BCUT2D eigenvalue weighted by molar-refractivity contribution is 5.81. The highest BCUT2D eigenvalue weighted by Gasteiger charge is 2.26. The predicted molar refractivity (Wildman–Crippen MR) is 82.2 cm³/mol. The number of likely N-dealkylation sites (tertiary alicyclic amines) is 1. The molecule has 4 nitrogen and oxygen atoms in total. The van der Waals surface area contributed by atoms with Gasteiger partial charge in [0.1, 0.15) is 0 Å². The summed E-state index contributed by atoms with van der Waals surface area (Å²) < 4.78 is 0. The molecule has 1 aliphatic rings. The van der Waals surface area contributed by atoms with Crippen molar-refractivity contribution >= 4 is 11.6 Å². The molecule has 1 fully saturated rings. The first kappa shape index (κ1) is 14.9. The highest BCUT2D eigenvalue weighted by atomic mass is 16.2. The van der Waals surface area contributed by atoms with Crippen LogP contribution in [0.2, 0.25) is 0 Å². The summed E-state index contributed by atoms with van der Waals surface area (Å²) in [4.78, 5) is 16.7. The van der Waals surface area contributed by atoms with Crippen LogP contribution < -0.4 is 5.73 Å². The fourth-order valence-corrected chi connectivity index (χ4v) is 2.81. The first-order valence-corrected chi connectivity index (χ1v) is 7.49. The summed E-state index contributed by atoms with van der Waals surface area (Å²) in [6.07, 6.45) is 2.28. The second-order valence-corrected chi connectivity index (χ2v) is 5.52. The standard InChI is InChI=1S/C16H25N3O/c1-3-18(12-14-7-6-8-15(17)11-14)13(2)16(20)19-9-4-5-10-19/h6-8,11,13H,3-5,9-10,12,17H2,1-2H3. The van der Waals surface area contributed by atoms with Gasteiger partial charge < -0.3 is 10.6 Å². The molecule has 1 saturated heterocycles. The van der Waals surface area contributed by atoms with Crippen LogP contribution in [-0.2, 0) is 11.3 Å². The van der Waals surface area contributed by atoms with Crippen LogP contribution in [0.5, 0.6) is 0 Å². The molecule has 110 valence electrons. The zero-order valence-electron chi connectivity index (χ0n) is 12.5. The van der Waals surface area contributed by atoms with Crippen molar-refractivity contribution in [1.29, 1.82) is 0 Å². The molecule has 1 amide bonds. The van der Waals surface area contributed by atoms with Crippen molar-refractivity contribution in [2.24, 2.45) is 0 Å². The summed E-state index contributed by atoms with van der Waals surface area (Å²) in [5.74, 6) is 0.258. The van der Waals surface area contributed by atoms with Gasteiger partial charge >= 0.3 is 0 Å². The van der Waals surface area contributed by atoms with Gasteiger partial charge in [-0.15, -0.1) is 0 Å². The van der Waals surface area contributed by atoms with Gasteiger partial charge in [-0.3, -0.25) is 9.69 Å². The Morgan fingerprint density at radius 1 is 1.40 bits per heavy atom. The number of nitrogens with two attached hydrogens (primary N) is 1. The van der Waals surface area contributed by atoms with Crippen LogP contribution in [0.15, 0.2) is 24.3 Å². The Bertz CT molecular complexity index is 455. The maximum atomic E-state index is 12.5. The van der Waals surface area contributed by atoms with Crippen molar-refractivity contribution in [2.45, 2.75) is 39.3 Å². The SMILES string of the molecule is CCN(Cc1cccc(N)c1)C(C)C(=O)N1CCCC1. The molecule has 0 aromatic heterocycles. The Kier molecular flexibility index (Phi) is 5.01. The number of rotatable bonds is 5. The Hall–Kier alpha value is -1.55. The van der Waals surface area contributed by atoms with E-state index in [0.29, 0.717) is 0 Å². The first-order chi connectivity index (χ1) is 9.61. The van der Waals surface area contributed by atoms with Crippen LogP contribution in [-0.4, -0.2) is 41.4 Å². The van der Waals surface area contributed by atoms with E-state index < -0.39 is 0 Å². The lowest BCUT2D eigenvalue weighted by Crippen LogP contribution is -2.45. The van der Waals surface area contributed by atoms with E-state index in [1.165, 1.54) is 0 Å². The number of likely N-dealkylation sites (N-methyl/N-ethyl adjacent to an activating group) is 1. The summed E-state index contributed by atoms with van der Waals surface area (Å²) in [5.41, 5.74) is 7.75. The highest BCUT2D eigenvalue weighted by Crippen LogP contribution is 2.15. The largest absolute Gasteiger partial charge is 0.399 e. The fraction of sp³-hybridized carbons (Fsp3) is 0.562. The molecule has 2 rings (SSSR count). The summed E-state index contributed by atoms with van der Waals surface area (Å²) in [6.45, 7) is 7.56. The fourth-order valence-electron chi connectivity index (χ4n) is 2.81. The van der Waals surface area contributed by atoms with Crippen molar-refractivity contribution in [1.82, 2.24) is 9.80 Å². The van der Waals surface area contributed by atoms with Gasteiger partial charge in [0.25, 0.3) is 0 Å². The molecule has 0 aliphatic carbocycles. The molecule has 2 N–H and O–H groups in total. The quantitative estimate of drug-likeness (QED) is 0.837. The van der Waals surface area contributed by atoms with Crippen LogP contribution in [0, 0.1) is 0 Å². The molecule has 0 radical (unpaired) electrons. The average molecular weight is 275 g/mol. The van der Waals surface area contributed by atoms with Gasteiger partial charge in [-0.25, -0.2) is 0 Å². The minimum absolute atomic E-state index is 0.0699. The minimum atomic E-state index is -0.0699.